The van der Waals surface area contributed by atoms with Gasteiger partial charge in [-0.05, 0) is 55.0 Å². The number of halogens is 2. The van der Waals surface area contributed by atoms with Crippen molar-refractivity contribution >= 4 is 16.9 Å². The van der Waals surface area contributed by atoms with Gasteiger partial charge < -0.3 is 9.67 Å². The largest absolute Gasteiger partial charge is 0.478 e. The number of rotatable bonds is 3. The number of hydrogen-bond acceptors (Lipinski definition) is 1. The van der Waals surface area contributed by atoms with Crippen molar-refractivity contribution in [3.8, 4) is 0 Å². The molecular formula is C20H17F2NO2. The minimum absolute atomic E-state index is 0.245. The number of fused-ring (bicyclic) bond motifs is 3. The highest BCUT2D eigenvalue weighted by Gasteiger charge is 2.23. The van der Waals surface area contributed by atoms with Gasteiger partial charge in [-0.15, -0.1) is 0 Å². The maximum absolute atomic E-state index is 13.6. The van der Waals surface area contributed by atoms with Gasteiger partial charge in [0.15, 0.2) is 11.6 Å². The van der Waals surface area contributed by atoms with Gasteiger partial charge in [-0.2, -0.15) is 0 Å². The molecule has 25 heavy (non-hydrogen) atoms. The van der Waals surface area contributed by atoms with Gasteiger partial charge in [0.05, 0.1) is 11.1 Å². The van der Waals surface area contributed by atoms with E-state index in [1.807, 2.05) is 10.6 Å². The van der Waals surface area contributed by atoms with Crippen molar-refractivity contribution in [2.45, 2.75) is 32.2 Å². The molecule has 0 radical (unpaired) electrons. The van der Waals surface area contributed by atoms with Gasteiger partial charge in [0.2, 0.25) is 0 Å². The van der Waals surface area contributed by atoms with Crippen molar-refractivity contribution in [3.63, 3.8) is 0 Å². The third-order valence-corrected chi connectivity index (χ3v) is 4.95. The Morgan fingerprint density at radius 1 is 1.08 bits per heavy atom. The number of benzene rings is 2. The topological polar surface area (TPSA) is 42.2 Å². The van der Waals surface area contributed by atoms with Crippen LogP contribution in [0, 0.1) is 11.6 Å². The number of carboxylic acids is 1. The third-order valence-electron chi connectivity index (χ3n) is 4.95. The van der Waals surface area contributed by atoms with E-state index < -0.39 is 17.6 Å². The van der Waals surface area contributed by atoms with Gasteiger partial charge in [-0.3, -0.25) is 0 Å². The van der Waals surface area contributed by atoms with Gasteiger partial charge in [-0.1, -0.05) is 18.2 Å². The van der Waals surface area contributed by atoms with Crippen LogP contribution in [0.3, 0.4) is 0 Å². The van der Waals surface area contributed by atoms with E-state index in [2.05, 4.69) is 0 Å². The first-order valence-corrected chi connectivity index (χ1v) is 8.36. The van der Waals surface area contributed by atoms with Gasteiger partial charge >= 0.3 is 5.97 Å². The highest BCUT2D eigenvalue weighted by atomic mass is 19.2. The molecule has 1 heterocycles. The second-order valence-electron chi connectivity index (χ2n) is 6.47. The number of nitrogens with zero attached hydrogens (tertiary/aromatic N) is 1. The molecular weight excluding hydrogens is 324 g/mol. The summed E-state index contributed by atoms with van der Waals surface area (Å²) in [4.78, 5) is 11.7. The van der Waals surface area contributed by atoms with Crippen LogP contribution in [-0.4, -0.2) is 15.6 Å². The molecule has 0 aliphatic heterocycles. The van der Waals surface area contributed by atoms with E-state index in [1.54, 1.807) is 18.2 Å². The lowest BCUT2D eigenvalue weighted by Crippen LogP contribution is -2.11. The van der Waals surface area contributed by atoms with Gasteiger partial charge in [0.1, 0.15) is 0 Å². The molecule has 1 aliphatic rings. The van der Waals surface area contributed by atoms with E-state index >= 15 is 0 Å². The number of carboxylic acid groups (broad SMARTS) is 1. The molecule has 128 valence electrons. The second kappa shape index (κ2) is 5.99. The minimum atomic E-state index is -0.980. The molecule has 1 aliphatic carbocycles. The molecule has 2 aromatic carbocycles. The summed E-state index contributed by atoms with van der Waals surface area (Å²) < 4.78 is 28.8. The molecule has 3 aromatic rings. The number of hydrogen-bond donors (Lipinski definition) is 1. The van der Waals surface area contributed by atoms with Crippen LogP contribution in [0.2, 0.25) is 0 Å². The van der Waals surface area contributed by atoms with Crippen molar-refractivity contribution in [2.24, 2.45) is 0 Å². The lowest BCUT2D eigenvalue weighted by molar-refractivity contribution is 0.0698. The summed E-state index contributed by atoms with van der Waals surface area (Å²) in [5.74, 6) is -2.75. The second-order valence-corrected chi connectivity index (χ2v) is 6.47. The smallest absolute Gasteiger partial charge is 0.337 e. The Balaban J connectivity index is 1.94. The molecule has 1 N–H and O–H groups in total. The molecule has 0 saturated carbocycles. The first-order chi connectivity index (χ1) is 12.1. The Hall–Kier alpha value is -2.69. The Labute approximate surface area is 143 Å². The fourth-order valence-corrected chi connectivity index (χ4v) is 3.86. The Bertz CT molecular complexity index is 991. The van der Waals surface area contributed by atoms with Crippen molar-refractivity contribution in [1.29, 1.82) is 0 Å². The molecule has 1 aromatic heterocycles. The van der Waals surface area contributed by atoms with Crippen molar-refractivity contribution in [1.82, 2.24) is 4.57 Å². The van der Waals surface area contributed by atoms with E-state index in [0.29, 0.717) is 17.6 Å². The fraction of sp³-hybridized carbons (Fsp3) is 0.250. The van der Waals surface area contributed by atoms with Crippen LogP contribution in [0.15, 0.2) is 36.4 Å². The molecule has 0 spiro atoms. The van der Waals surface area contributed by atoms with Crippen LogP contribution >= 0.6 is 0 Å². The molecule has 0 unspecified atom stereocenters. The third kappa shape index (κ3) is 2.60. The lowest BCUT2D eigenvalue weighted by Gasteiger charge is -2.16. The predicted octanol–water partition coefficient (Wildman–Crippen LogP) is 4.54. The number of para-hydroxylation sites is 1. The minimum Gasteiger partial charge on any atom is -0.478 e. The zero-order valence-corrected chi connectivity index (χ0v) is 13.6. The van der Waals surface area contributed by atoms with Gasteiger partial charge in [0.25, 0.3) is 0 Å². The number of carbonyl (C=O) groups is 1. The van der Waals surface area contributed by atoms with Crippen molar-refractivity contribution in [3.05, 3.63) is 70.4 Å². The molecule has 0 amide bonds. The predicted molar refractivity (Wildman–Crippen MR) is 91.0 cm³/mol. The zero-order chi connectivity index (χ0) is 17.6. The normalized spacial score (nSPS) is 13.8. The number of aryl methyl sites for hydroxylation is 1. The lowest BCUT2D eigenvalue weighted by atomic mass is 9.95. The quantitative estimate of drug-likeness (QED) is 0.760. The highest BCUT2D eigenvalue weighted by molar-refractivity contribution is 6.04. The SMILES string of the molecule is O=C(O)c1cccc2c3c(n(Cc4ccc(F)c(F)c4)c12)CCCC3. The van der Waals surface area contributed by atoms with Crippen LogP contribution in [0.1, 0.15) is 40.0 Å². The summed E-state index contributed by atoms with van der Waals surface area (Å²) in [6.07, 6.45) is 3.91. The first-order valence-electron chi connectivity index (χ1n) is 8.36. The summed E-state index contributed by atoms with van der Waals surface area (Å²) in [6, 6.07) is 9.15. The first kappa shape index (κ1) is 15.8. The average molecular weight is 341 g/mol. The van der Waals surface area contributed by atoms with Crippen LogP contribution in [0.5, 0.6) is 0 Å². The monoisotopic (exact) mass is 341 g/mol. The van der Waals surface area contributed by atoms with Crippen molar-refractivity contribution < 1.29 is 18.7 Å². The Morgan fingerprint density at radius 3 is 2.64 bits per heavy atom. The molecule has 0 saturated heterocycles. The highest BCUT2D eigenvalue weighted by Crippen LogP contribution is 2.34. The van der Waals surface area contributed by atoms with E-state index in [4.69, 9.17) is 0 Å². The molecule has 0 fully saturated rings. The van der Waals surface area contributed by atoms with Crippen molar-refractivity contribution in [2.75, 3.05) is 0 Å². The summed E-state index contributed by atoms with van der Waals surface area (Å²) in [5, 5.41) is 10.5. The Morgan fingerprint density at radius 2 is 1.88 bits per heavy atom. The van der Waals surface area contributed by atoms with E-state index in [1.165, 1.54) is 11.6 Å². The maximum Gasteiger partial charge on any atom is 0.337 e. The summed E-state index contributed by atoms with van der Waals surface area (Å²) in [7, 11) is 0. The zero-order valence-electron chi connectivity index (χ0n) is 13.6. The maximum atomic E-state index is 13.6. The van der Waals surface area contributed by atoms with E-state index in [0.717, 1.165) is 42.8 Å². The molecule has 5 heteroatoms. The standard InChI is InChI=1S/C20H17F2NO2/c21-16-9-8-12(10-17(16)22)11-23-18-7-2-1-4-13(18)14-5-3-6-15(19(14)23)20(24)25/h3,5-6,8-10H,1-2,4,7,11H2,(H,24,25). The summed E-state index contributed by atoms with van der Waals surface area (Å²) in [6.45, 7) is 0.327. The van der Waals surface area contributed by atoms with Crippen LogP contribution < -0.4 is 0 Å². The molecule has 3 nitrogen and oxygen atoms in total. The summed E-state index contributed by atoms with van der Waals surface area (Å²) in [5.41, 5.74) is 3.83. The fourth-order valence-electron chi connectivity index (χ4n) is 3.86. The van der Waals surface area contributed by atoms with Crippen LogP contribution in [-0.2, 0) is 19.4 Å². The molecule has 4 rings (SSSR count). The summed E-state index contributed by atoms with van der Waals surface area (Å²) >= 11 is 0. The molecule has 0 atom stereocenters. The van der Waals surface area contributed by atoms with Gasteiger partial charge in [0, 0.05) is 17.6 Å². The van der Waals surface area contributed by atoms with Gasteiger partial charge in [-0.25, -0.2) is 13.6 Å². The van der Waals surface area contributed by atoms with Crippen LogP contribution in [0.4, 0.5) is 8.78 Å². The van der Waals surface area contributed by atoms with E-state index in [-0.39, 0.29) is 5.56 Å². The number of aromatic nitrogens is 1. The number of aromatic carboxylic acids is 1. The van der Waals surface area contributed by atoms with E-state index in [9.17, 15) is 18.7 Å². The molecule has 0 bridgehead atoms. The Kier molecular flexibility index (Phi) is 3.79. The van der Waals surface area contributed by atoms with Crippen LogP contribution in [0.25, 0.3) is 10.9 Å². The average Bonchev–Trinajstić information content (AvgIpc) is 2.92.